The van der Waals surface area contributed by atoms with Gasteiger partial charge in [0.15, 0.2) is 0 Å². The van der Waals surface area contributed by atoms with Crippen LogP contribution in [0, 0.1) is 0 Å². The van der Waals surface area contributed by atoms with E-state index in [1.165, 1.54) is 14.2 Å². The van der Waals surface area contributed by atoms with E-state index in [0.717, 1.165) is 10.0 Å². The molecule has 1 aliphatic heterocycles. The zero-order valence-corrected chi connectivity index (χ0v) is 13.8. The van der Waals surface area contributed by atoms with Crippen LogP contribution in [0.25, 0.3) is 0 Å². The molecule has 0 saturated carbocycles. The summed E-state index contributed by atoms with van der Waals surface area (Å²) in [4.78, 5) is 16.1. The monoisotopic (exact) mass is 369 g/mol. The van der Waals surface area contributed by atoms with Gasteiger partial charge in [0.2, 0.25) is 0 Å². The molecule has 0 bridgehead atoms. The van der Waals surface area contributed by atoms with E-state index in [-0.39, 0.29) is 32.1 Å². The average Bonchev–Trinajstić information content (AvgIpc) is 2.86. The number of nitrogen functional groups attached to an aromatic ring is 1. The van der Waals surface area contributed by atoms with Gasteiger partial charge in [-0.15, -0.1) is 0 Å². The van der Waals surface area contributed by atoms with Crippen molar-refractivity contribution in [2.75, 3.05) is 25.3 Å². The standard InChI is InChI=1S/C14H15N3O4Se/c1-20-8-3-6(4-9(21-2)11(8)19)7-5-10(18)16-13-12(7)22-14(15)17-13/h3-4,7,19H,5H2,1-2H3,(H2,15,17)(H,16,18). The Labute approximate surface area is 132 Å². The number of carbonyl (C=O) groups excluding carboxylic acids is 1. The second kappa shape index (κ2) is 5.55. The first-order valence-corrected chi connectivity index (χ1v) is 8.25. The molecule has 0 spiro atoms. The number of rotatable bonds is 3. The van der Waals surface area contributed by atoms with E-state index in [4.69, 9.17) is 15.2 Å². The first kappa shape index (κ1) is 14.7. The van der Waals surface area contributed by atoms with Gasteiger partial charge in [-0.05, 0) is 0 Å². The van der Waals surface area contributed by atoms with Crippen LogP contribution < -0.4 is 20.5 Å². The number of amides is 1. The van der Waals surface area contributed by atoms with E-state index in [0.29, 0.717) is 28.4 Å². The van der Waals surface area contributed by atoms with Gasteiger partial charge < -0.3 is 0 Å². The van der Waals surface area contributed by atoms with Crippen molar-refractivity contribution >= 4 is 30.9 Å². The number of aromatic hydroxyl groups is 1. The molecule has 0 fully saturated rings. The van der Waals surface area contributed by atoms with E-state index in [9.17, 15) is 9.90 Å². The third-order valence-electron chi connectivity index (χ3n) is 3.54. The second-order valence-corrected chi connectivity index (χ2v) is 7.07. The molecule has 0 radical (unpaired) electrons. The molecule has 1 atom stereocenters. The third-order valence-corrected chi connectivity index (χ3v) is 5.63. The number of fused-ring (bicyclic) bond motifs is 1. The van der Waals surface area contributed by atoms with Crippen LogP contribution >= 0.6 is 0 Å². The Morgan fingerprint density at radius 1 is 1.36 bits per heavy atom. The predicted octanol–water partition coefficient (Wildman–Crippen LogP) is 0.918. The number of phenols is 1. The van der Waals surface area contributed by atoms with Crippen LogP contribution in [-0.4, -0.2) is 44.7 Å². The Bertz CT molecular complexity index is 719. The van der Waals surface area contributed by atoms with Gasteiger partial charge >= 0.3 is 132 Å². The summed E-state index contributed by atoms with van der Waals surface area (Å²) in [6.07, 6.45) is 0.306. The number of benzene rings is 1. The maximum absolute atomic E-state index is 11.9. The molecule has 2 aromatic rings. The van der Waals surface area contributed by atoms with Gasteiger partial charge in [0.25, 0.3) is 0 Å². The summed E-state index contributed by atoms with van der Waals surface area (Å²) >= 11 is -0.0912. The van der Waals surface area contributed by atoms with Gasteiger partial charge in [-0.1, -0.05) is 0 Å². The van der Waals surface area contributed by atoms with Gasteiger partial charge in [-0.25, -0.2) is 0 Å². The molecule has 0 aliphatic carbocycles. The number of nitrogens with two attached hydrogens (primary N) is 1. The summed E-state index contributed by atoms with van der Waals surface area (Å²) in [7, 11) is 2.94. The van der Waals surface area contributed by atoms with Crippen molar-refractivity contribution < 1.29 is 19.4 Å². The quantitative estimate of drug-likeness (QED) is 0.696. The number of hydrogen-bond acceptors (Lipinski definition) is 6. The van der Waals surface area contributed by atoms with Crippen molar-refractivity contribution in [2.24, 2.45) is 0 Å². The molecule has 1 aromatic heterocycles. The fourth-order valence-corrected chi connectivity index (χ4v) is 4.44. The van der Waals surface area contributed by atoms with Crippen LogP contribution in [0.4, 0.5) is 10.5 Å². The van der Waals surface area contributed by atoms with Crippen molar-refractivity contribution in [1.82, 2.24) is 4.98 Å². The summed E-state index contributed by atoms with van der Waals surface area (Å²) in [6.45, 7) is 0. The van der Waals surface area contributed by atoms with Crippen molar-refractivity contribution in [3.8, 4) is 17.2 Å². The van der Waals surface area contributed by atoms with Gasteiger partial charge in [0, 0.05) is 0 Å². The van der Waals surface area contributed by atoms with Crippen LogP contribution in [0.3, 0.4) is 0 Å². The summed E-state index contributed by atoms with van der Waals surface area (Å²) in [5.74, 6) is 0.866. The Kier molecular flexibility index (Phi) is 3.72. The third kappa shape index (κ3) is 2.40. The van der Waals surface area contributed by atoms with Crippen LogP contribution in [0.5, 0.6) is 17.2 Å². The van der Waals surface area contributed by atoms with E-state index in [1.54, 1.807) is 12.1 Å². The SMILES string of the molecule is COc1cc(C2CC(=O)Nc3nc(N)[se]c32)cc(OC)c1O. The number of phenolic OH excluding ortho intramolecular Hbond substituents is 1. The number of nitrogens with zero attached hydrogens (tertiary/aromatic N) is 1. The minimum atomic E-state index is -0.142. The number of methoxy groups -OCH3 is 2. The molecular formula is C14H15N3O4Se. The zero-order valence-electron chi connectivity index (χ0n) is 12.0. The average molecular weight is 368 g/mol. The molecule has 0 saturated heterocycles. The Morgan fingerprint density at radius 2 is 2.00 bits per heavy atom. The van der Waals surface area contributed by atoms with Crippen LogP contribution in [0.2, 0.25) is 0 Å². The fraction of sp³-hybridized carbons (Fsp3) is 0.286. The van der Waals surface area contributed by atoms with Crippen molar-refractivity contribution in [3.63, 3.8) is 0 Å². The summed E-state index contributed by atoms with van der Waals surface area (Å²) in [5, 5.41) is 12.8. The maximum atomic E-state index is 11.9. The van der Waals surface area contributed by atoms with Crippen molar-refractivity contribution in [3.05, 3.63) is 22.1 Å². The van der Waals surface area contributed by atoms with Crippen molar-refractivity contribution in [2.45, 2.75) is 12.3 Å². The molecule has 1 unspecified atom stereocenters. The first-order chi connectivity index (χ1) is 10.5. The van der Waals surface area contributed by atoms with E-state index in [1.807, 2.05) is 0 Å². The van der Waals surface area contributed by atoms with Gasteiger partial charge in [0.05, 0.1) is 0 Å². The second-order valence-electron chi connectivity index (χ2n) is 4.84. The Balaban J connectivity index is 2.13. The van der Waals surface area contributed by atoms with Crippen LogP contribution in [-0.2, 0) is 4.79 Å². The topological polar surface area (TPSA) is 107 Å². The molecule has 1 amide bonds. The number of ether oxygens (including phenoxy) is 2. The zero-order chi connectivity index (χ0) is 15.9. The number of hydrogen-bond donors (Lipinski definition) is 3. The van der Waals surface area contributed by atoms with Crippen LogP contribution in [0.15, 0.2) is 12.1 Å². The molecule has 3 rings (SSSR count). The molecule has 1 aromatic carbocycles. The van der Waals surface area contributed by atoms with E-state index in [2.05, 4.69) is 10.3 Å². The molecule has 2 heterocycles. The van der Waals surface area contributed by atoms with Crippen molar-refractivity contribution in [1.29, 1.82) is 0 Å². The summed E-state index contributed by atoms with van der Waals surface area (Å²) in [6, 6.07) is 3.44. The van der Waals surface area contributed by atoms with Gasteiger partial charge in [0.1, 0.15) is 0 Å². The normalized spacial score (nSPS) is 16.8. The molecule has 22 heavy (non-hydrogen) atoms. The Hall–Kier alpha value is -2.18. The molecule has 4 N–H and O–H groups in total. The molecule has 1 aliphatic rings. The molecule has 7 nitrogen and oxygen atoms in total. The summed E-state index contributed by atoms with van der Waals surface area (Å²) < 4.78 is 11.9. The van der Waals surface area contributed by atoms with Crippen LogP contribution in [0.1, 0.15) is 22.3 Å². The van der Waals surface area contributed by atoms with E-state index < -0.39 is 0 Å². The Morgan fingerprint density at radius 3 is 2.59 bits per heavy atom. The number of carbonyl (C=O) groups is 1. The number of anilines is 2. The first-order valence-electron chi connectivity index (χ1n) is 6.54. The minimum absolute atomic E-state index is 0.0593. The molecular weight excluding hydrogens is 353 g/mol. The fourth-order valence-electron chi connectivity index (χ4n) is 2.52. The number of aromatic nitrogens is 1. The van der Waals surface area contributed by atoms with Gasteiger partial charge in [-0.3, -0.25) is 0 Å². The van der Waals surface area contributed by atoms with E-state index >= 15 is 0 Å². The van der Waals surface area contributed by atoms with Gasteiger partial charge in [-0.2, -0.15) is 0 Å². The summed E-state index contributed by atoms with van der Waals surface area (Å²) in [5.41, 5.74) is 6.65. The number of nitrogens with one attached hydrogen (secondary N) is 1. The molecule has 116 valence electrons. The molecule has 8 heteroatoms. The predicted molar refractivity (Wildman–Crippen MR) is 81.9 cm³/mol.